The van der Waals surface area contributed by atoms with Gasteiger partial charge in [0, 0.05) is 6.04 Å². The molecule has 1 unspecified atom stereocenters. The SMILES string of the molecule is CNC(CCc1ccsc1)c1ccc2ccccc2c1. The van der Waals surface area contributed by atoms with Crippen LogP contribution in [-0.2, 0) is 6.42 Å². The summed E-state index contributed by atoms with van der Waals surface area (Å²) in [6.07, 6.45) is 2.26. The van der Waals surface area contributed by atoms with Crippen LogP contribution in [0.15, 0.2) is 59.3 Å². The molecule has 0 aliphatic carbocycles. The van der Waals surface area contributed by atoms with Crippen LogP contribution in [0.5, 0.6) is 0 Å². The van der Waals surface area contributed by atoms with Crippen LogP contribution in [0.1, 0.15) is 23.6 Å². The minimum absolute atomic E-state index is 0.416. The molecule has 102 valence electrons. The quantitative estimate of drug-likeness (QED) is 0.708. The van der Waals surface area contributed by atoms with Crippen LogP contribution >= 0.6 is 11.3 Å². The van der Waals surface area contributed by atoms with Crippen molar-refractivity contribution >= 4 is 22.1 Å². The maximum atomic E-state index is 3.45. The molecule has 1 N–H and O–H groups in total. The average Bonchev–Trinajstić information content (AvgIpc) is 3.01. The molecule has 0 spiro atoms. The molecule has 1 aromatic heterocycles. The summed E-state index contributed by atoms with van der Waals surface area (Å²) in [6, 6.07) is 18.0. The predicted molar refractivity (Wildman–Crippen MR) is 88.4 cm³/mol. The van der Waals surface area contributed by atoms with Gasteiger partial charge in [0.25, 0.3) is 0 Å². The normalized spacial score (nSPS) is 12.7. The number of aryl methyl sites for hydroxylation is 1. The summed E-state index contributed by atoms with van der Waals surface area (Å²) in [5.74, 6) is 0. The number of nitrogens with one attached hydrogen (secondary N) is 1. The Kier molecular flexibility index (Phi) is 4.14. The summed E-state index contributed by atoms with van der Waals surface area (Å²) >= 11 is 1.78. The molecule has 3 aromatic rings. The second-order valence-corrected chi connectivity index (χ2v) is 5.90. The Hall–Kier alpha value is -1.64. The largest absolute Gasteiger partial charge is 0.313 e. The van der Waals surface area contributed by atoms with E-state index in [1.54, 1.807) is 11.3 Å². The van der Waals surface area contributed by atoms with Gasteiger partial charge in [-0.05, 0) is 64.7 Å². The smallest absolute Gasteiger partial charge is 0.0320 e. The molecule has 20 heavy (non-hydrogen) atoms. The Balaban J connectivity index is 1.79. The number of hydrogen-bond acceptors (Lipinski definition) is 2. The van der Waals surface area contributed by atoms with E-state index in [1.807, 2.05) is 7.05 Å². The van der Waals surface area contributed by atoms with E-state index in [-0.39, 0.29) is 0 Å². The number of hydrogen-bond donors (Lipinski definition) is 1. The van der Waals surface area contributed by atoms with E-state index < -0.39 is 0 Å². The van der Waals surface area contributed by atoms with Crippen LogP contribution in [0.2, 0.25) is 0 Å². The molecule has 2 aromatic carbocycles. The van der Waals surface area contributed by atoms with Crippen molar-refractivity contribution in [3.63, 3.8) is 0 Å². The van der Waals surface area contributed by atoms with E-state index in [1.165, 1.54) is 21.9 Å². The number of fused-ring (bicyclic) bond motifs is 1. The summed E-state index contributed by atoms with van der Waals surface area (Å²) in [5, 5.41) is 10.5. The summed E-state index contributed by atoms with van der Waals surface area (Å²) in [5.41, 5.74) is 2.82. The lowest BCUT2D eigenvalue weighted by molar-refractivity contribution is 0.550. The fourth-order valence-electron chi connectivity index (χ4n) is 2.65. The zero-order valence-corrected chi connectivity index (χ0v) is 12.5. The lowest BCUT2D eigenvalue weighted by atomic mass is 9.97. The van der Waals surface area contributed by atoms with Crippen molar-refractivity contribution in [3.8, 4) is 0 Å². The monoisotopic (exact) mass is 281 g/mol. The van der Waals surface area contributed by atoms with E-state index in [0.29, 0.717) is 6.04 Å². The molecule has 1 nitrogen and oxygen atoms in total. The van der Waals surface area contributed by atoms with Gasteiger partial charge in [-0.3, -0.25) is 0 Å². The number of thiophene rings is 1. The molecule has 0 amide bonds. The third-order valence-electron chi connectivity index (χ3n) is 3.83. The van der Waals surface area contributed by atoms with E-state index in [9.17, 15) is 0 Å². The van der Waals surface area contributed by atoms with Crippen LogP contribution in [0.4, 0.5) is 0 Å². The fraction of sp³-hybridized carbons (Fsp3) is 0.222. The molecular weight excluding hydrogens is 262 g/mol. The zero-order valence-electron chi connectivity index (χ0n) is 11.7. The first-order chi connectivity index (χ1) is 9.86. The van der Waals surface area contributed by atoms with Gasteiger partial charge in [0.05, 0.1) is 0 Å². The van der Waals surface area contributed by atoms with Crippen molar-refractivity contribution in [3.05, 3.63) is 70.4 Å². The van der Waals surface area contributed by atoms with Crippen LogP contribution in [0, 0.1) is 0 Å². The Morgan fingerprint density at radius 1 is 1.05 bits per heavy atom. The molecule has 1 heterocycles. The minimum atomic E-state index is 0.416. The molecule has 0 saturated carbocycles. The average molecular weight is 281 g/mol. The van der Waals surface area contributed by atoms with E-state index in [2.05, 4.69) is 64.6 Å². The number of rotatable bonds is 5. The van der Waals surface area contributed by atoms with Gasteiger partial charge in [0.1, 0.15) is 0 Å². The van der Waals surface area contributed by atoms with Crippen molar-refractivity contribution < 1.29 is 0 Å². The lowest BCUT2D eigenvalue weighted by Crippen LogP contribution is -2.17. The molecule has 3 rings (SSSR count). The van der Waals surface area contributed by atoms with Crippen LogP contribution in [-0.4, -0.2) is 7.05 Å². The molecule has 0 aliphatic heterocycles. The topological polar surface area (TPSA) is 12.0 Å². The van der Waals surface area contributed by atoms with E-state index in [0.717, 1.165) is 12.8 Å². The van der Waals surface area contributed by atoms with Crippen LogP contribution in [0.25, 0.3) is 10.8 Å². The van der Waals surface area contributed by atoms with Gasteiger partial charge < -0.3 is 5.32 Å². The van der Waals surface area contributed by atoms with Gasteiger partial charge in [-0.2, -0.15) is 11.3 Å². The summed E-state index contributed by atoms with van der Waals surface area (Å²) < 4.78 is 0. The van der Waals surface area contributed by atoms with Gasteiger partial charge in [0.15, 0.2) is 0 Å². The highest BCUT2D eigenvalue weighted by Gasteiger charge is 2.10. The fourth-order valence-corrected chi connectivity index (χ4v) is 3.35. The highest BCUT2D eigenvalue weighted by molar-refractivity contribution is 7.07. The van der Waals surface area contributed by atoms with E-state index in [4.69, 9.17) is 0 Å². The van der Waals surface area contributed by atoms with Crippen molar-refractivity contribution in [1.29, 1.82) is 0 Å². The van der Waals surface area contributed by atoms with E-state index >= 15 is 0 Å². The molecule has 0 fully saturated rings. The standard InChI is InChI=1S/C18H19NS/c1-19-18(9-6-14-10-11-20-13-14)17-8-7-15-4-2-3-5-16(15)12-17/h2-5,7-8,10-13,18-19H,6,9H2,1H3. The Morgan fingerprint density at radius 2 is 1.90 bits per heavy atom. The van der Waals surface area contributed by atoms with Crippen LogP contribution in [0.3, 0.4) is 0 Å². The van der Waals surface area contributed by atoms with Crippen molar-refractivity contribution in [2.24, 2.45) is 0 Å². The minimum Gasteiger partial charge on any atom is -0.313 e. The van der Waals surface area contributed by atoms with Gasteiger partial charge in [-0.1, -0.05) is 36.4 Å². The first-order valence-corrected chi connectivity index (χ1v) is 7.98. The van der Waals surface area contributed by atoms with Crippen LogP contribution < -0.4 is 5.32 Å². The number of benzene rings is 2. The van der Waals surface area contributed by atoms with Crippen molar-refractivity contribution in [2.75, 3.05) is 7.05 Å². The second-order valence-electron chi connectivity index (χ2n) is 5.12. The highest BCUT2D eigenvalue weighted by Crippen LogP contribution is 2.24. The third kappa shape index (κ3) is 2.92. The summed E-state index contributed by atoms with van der Waals surface area (Å²) in [7, 11) is 2.05. The first kappa shape index (κ1) is 13.3. The van der Waals surface area contributed by atoms with Crippen molar-refractivity contribution in [1.82, 2.24) is 5.32 Å². The third-order valence-corrected chi connectivity index (χ3v) is 4.56. The molecule has 0 saturated heterocycles. The maximum absolute atomic E-state index is 3.45. The van der Waals surface area contributed by atoms with Gasteiger partial charge in [-0.25, -0.2) is 0 Å². The summed E-state index contributed by atoms with van der Waals surface area (Å²) in [4.78, 5) is 0. The van der Waals surface area contributed by atoms with Crippen molar-refractivity contribution in [2.45, 2.75) is 18.9 Å². The maximum Gasteiger partial charge on any atom is 0.0320 e. The molecule has 2 heteroatoms. The summed E-state index contributed by atoms with van der Waals surface area (Å²) in [6.45, 7) is 0. The highest BCUT2D eigenvalue weighted by atomic mass is 32.1. The predicted octanol–water partition coefficient (Wildman–Crippen LogP) is 4.79. The Labute approximate surface area is 124 Å². The molecule has 1 atom stereocenters. The van der Waals surface area contributed by atoms with Gasteiger partial charge >= 0.3 is 0 Å². The zero-order chi connectivity index (χ0) is 13.8. The Bertz CT molecular complexity index is 673. The van der Waals surface area contributed by atoms with Gasteiger partial charge in [0.2, 0.25) is 0 Å². The molecule has 0 aliphatic rings. The molecular formula is C18H19NS. The Morgan fingerprint density at radius 3 is 2.65 bits per heavy atom. The first-order valence-electron chi connectivity index (χ1n) is 7.04. The second kappa shape index (κ2) is 6.21. The molecule has 0 radical (unpaired) electrons. The lowest BCUT2D eigenvalue weighted by Gasteiger charge is -2.17. The molecule has 0 bridgehead atoms. The van der Waals surface area contributed by atoms with Gasteiger partial charge in [-0.15, -0.1) is 0 Å².